The topological polar surface area (TPSA) is 35.5 Å². The maximum atomic E-state index is 11.7. The van der Waals surface area contributed by atoms with Gasteiger partial charge in [0.25, 0.3) is 0 Å². The molecule has 1 aromatic carbocycles. The van der Waals surface area contributed by atoms with Crippen molar-refractivity contribution in [1.82, 2.24) is 0 Å². The Kier molecular flexibility index (Phi) is 1.75. The molecule has 0 N–H and O–H groups in total. The van der Waals surface area contributed by atoms with Crippen molar-refractivity contribution in [1.29, 1.82) is 0 Å². The molecule has 0 aromatic heterocycles. The van der Waals surface area contributed by atoms with Gasteiger partial charge in [0.1, 0.15) is 0 Å². The zero-order chi connectivity index (χ0) is 10.4. The molecule has 0 amide bonds. The lowest BCUT2D eigenvalue weighted by Crippen LogP contribution is -2.12. The molecule has 0 fully saturated rings. The second-order valence-electron chi connectivity index (χ2n) is 4.04. The van der Waals surface area contributed by atoms with E-state index in [1.165, 1.54) is 0 Å². The number of Topliss-reactive ketones (excluding diaryl/α,β-unsaturated/α-hetero) is 1. The molecule has 1 heterocycles. The Morgan fingerprint density at radius 1 is 1.27 bits per heavy atom. The molecule has 0 saturated carbocycles. The lowest BCUT2D eigenvalue weighted by molar-refractivity contribution is 0.0972. The van der Waals surface area contributed by atoms with Crippen molar-refractivity contribution in [3.05, 3.63) is 22.8 Å². The lowest BCUT2D eigenvalue weighted by atomic mass is 9.87. The third-order valence-electron chi connectivity index (χ3n) is 3.17. The summed E-state index contributed by atoms with van der Waals surface area (Å²) in [7, 11) is 0. The summed E-state index contributed by atoms with van der Waals surface area (Å²) in [6, 6.07) is 1.84. The second kappa shape index (κ2) is 2.99. The Hall–Kier alpha value is -1.51. The highest BCUT2D eigenvalue weighted by atomic mass is 16.7. The molecule has 0 spiro atoms. The van der Waals surface area contributed by atoms with Crippen molar-refractivity contribution in [3.63, 3.8) is 0 Å². The molecule has 0 radical (unpaired) electrons. The Labute approximate surface area is 88.0 Å². The Balaban J connectivity index is 2.25. The number of carbonyl (C=O) groups excluding carboxylic acids is 1. The number of rotatable bonds is 0. The summed E-state index contributed by atoms with van der Waals surface area (Å²) in [5.74, 6) is 1.78. The van der Waals surface area contributed by atoms with Crippen LogP contribution in [0.25, 0.3) is 0 Å². The monoisotopic (exact) mass is 204 g/mol. The number of ketones is 1. The van der Waals surface area contributed by atoms with Crippen LogP contribution in [0.15, 0.2) is 6.07 Å². The smallest absolute Gasteiger partial charge is 0.231 e. The number of ether oxygens (including phenoxy) is 2. The maximum Gasteiger partial charge on any atom is 0.231 e. The molecule has 0 saturated heterocycles. The van der Waals surface area contributed by atoms with Gasteiger partial charge >= 0.3 is 0 Å². The number of benzene rings is 1. The van der Waals surface area contributed by atoms with Crippen molar-refractivity contribution in [3.8, 4) is 11.5 Å². The van der Waals surface area contributed by atoms with E-state index in [1.54, 1.807) is 0 Å². The minimum Gasteiger partial charge on any atom is -0.454 e. The fourth-order valence-electron chi connectivity index (χ4n) is 2.38. The molecule has 0 atom stereocenters. The van der Waals surface area contributed by atoms with E-state index in [1.807, 2.05) is 13.0 Å². The standard InChI is InChI=1S/C12H12O3/c1-7-8-3-2-4-10(13)9(8)5-11-12(7)15-6-14-11/h5H,2-4,6H2,1H3. The van der Waals surface area contributed by atoms with Crippen molar-refractivity contribution >= 4 is 5.78 Å². The third kappa shape index (κ3) is 1.16. The molecule has 1 aromatic rings. The van der Waals surface area contributed by atoms with Gasteiger partial charge in [-0.1, -0.05) is 0 Å². The second-order valence-corrected chi connectivity index (χ2v) is 4.04. The van der Waals surface area contributed by atoms with Gasteiger partial charge < -0.3 is 9.47 Å². The van der Waals surface area contributed by atoms with Gasteiger partial charge in [-0.05, 0) is 37.0 Å². The van der Waals surface area contributed by atoms with Crippen LogP contribution in [0, 0.1) is 6.92 Å². The van der Waals surface area contributed by atoms with Crippen LogP contribution in [0.1, 0.15) is 34.3 Å². The molecule has 1 aliphatic heterocycles. The van der Waals surface area contributed by atoms with E-state index in [0.29, 0.717) is 6.42 Å². The van der Waals surface area contributed by atoms with E-state index in [9.17, 15) is 4.79 Å². The van der Waals surface area contributed by atoms with Crippen molar-refractivity contribution in [2.45, 2.75) is 26.2 Å². The molecule has 3 heteroatoms. The number of fused-ring (bicyclic) bond motifs is 2. The molecule has 2 aliphatic rings. The molecular formula is C12H12O3. The minimum absolute atomic E-state index is 0.234. The maximum absolute atomic E-state index is 11.7. The Morgan fingerprint density at radius 3 is 3.00 bits per heavy atom. The zero-order valence-corrected chi connectivity index (χ0v) is 8.63. The number of hydrogen-bond donors (Lipinski definition) is 0. The first kappa shape index (κ1) is 8.77. The van der Waals surface area contributed by atoms with E-state index >= 15 is 0 Å². The highest BCUT2D eigenvalue weighted by Crippen LogP contribution is 2.41. The molecular weight excluding hydrogens is 192 g/mol. The summed E-state index contributed by atoms with van der Waals surface area (Å²) in [5, 5.41) is 0. The van der Waals surface area contributed by atoms with Gasteiger partial charge in [-0.2, -0.15) is 0 Å². The fraction of sp³-hybridized carbons (Fsp3) is 0.417. The van der Waals surface area contributed by atoms with E-state index in [0.717, 1.165) is 41.0 Å². The van der Waals surface area contributed by atoms with Crippen molar-refractivity contribution in [2.75, 3.05) is 6.79 Å². The quantitative estimate of drug-likeness (QED) is 0.650. The highest BCUT2D eigenvalue weighted by Gasteiger charge is 2.26. The minimum atomic E-state index is 0.234. The summed E-state index contributed by atoms with van der Waals surface area (Å²) >= 11 is 0. The molecule has 3 rings (SSSR count). The van der Waals surface area contributed by atoms with Crippen LogP contribution in [0.4, 0.5) is 0 Å². The first-order valence-corrected chi connectivity index (χ1v) is 5.22. The molecule has 0 bridgehead atoms. The van der Waals surface area contributed by atoms with Gasteiger partial charge in [0.2, 0.25) is 6.79 Å². The first-order chi connectivity index (χ1) is 7.27. The molecule has 0 unspecified atom stereocenters. The van der Waals surface area contributed by atoms with Gasteiger partial charge in [0, 0.05) is 12.0 Å². The first-order valence-electron chi connectivity index (χ1n) is 5.22. The van der Waals surface area contributed by atoms with Crippen LogP contribution in [0.3, 0.4) is 0 Å². The lowest BCUT2D eigenvalue weighted by Gasteiger charge is -2.18. The van der Waals surface area contributed by atoms with Crippen LogP contribution in [-0.2, 0) is 6.42 Å². The Morgan fingerprint density at radius 2 is 2.13 bits per heavy atom. The highest BCUT2D eigenvalue weighted by molar-refractivity contribution is 5.99. The van der Waals surface area contributed by atoms with Gasteiger partial charge in [-0.3, -0.25) is 4.79 Å². The van der Waals surface area contributed by atoms with Crippen molar-refractivity contribution < 1.29 is 14.3 Å². The fourth-order valence-corrected chi connectivity index (χ4v) is 2.38. The van der Waals surface area contributed by atoms with Gasteiger partial charge in [0.15, 0.2) is 17.3 Å². The molecule has 1 aliphatic carbocycles. The molecule has 3 nitrogen and oxygen atoms in total. The number of hydrogen-bond acceptors (Lipinski definition) is 3. The largest absolute Gasteiger partial charge is 0.454 e. The van der Waals surface area contributed by atoms with Gasteiger partial charge in [-0.15, -0.1) is 0 Å². The van der Waals surface area contributed by atoms with Crippen LogP contribution in [-0.4, -0.2) is 12.6 Å². The summed E-state index contributed by atoms with van der Waals surface area (Å²) in [6.07, 6.45) is 2.59. The van der Waals surface area contributed by atoms with E-state index in [2.05, 4.69) is 0 Å². The van der Waals surface area contributed by atoms with E-state index in [4.69, 9.17) is 9.47 Å². The zero-order valence-electron chi connectivity index (χ0n) is 8.63. The predicted octanol–water partition coefficient (Wildman–Crippen LogP) is 2.24. The predicted molar refractivity (Wildman–Crippen MR) is 54.6 cm³/mol. The average molecular weight is 204 g/mol. The van der Waals surface area contributed by atoms with Crippen LogP contribution < -0.4 is 9.47 Å². The van der Waals surface area contributed by atoms with Crippen LogP contribution in [0.5, 0.6) is 11.5 Å². The van der Waals surface area contributed by atoms with Gasteiger partial charge in [0.05, 0.1) is 0 Å². The van der Waals surface area contributed by atoms with Crippen LogP contribution in [0.2, 0.25) is 0 Å². The van der Waals surface area contributed by atoms with E-state index in [-0.39, 0.29) is 12.6 Å². The number of carbonyl (C=O) groups is 1. The van der Waals surface area contributed by atoms with Crippen molar-refractivity contribution in [2.24, 2.45) is 0 Å². The van der Waals surface area contributed by atoms with E-state index < -0.39 is 0 Å². The van der Waals surface area contributed by atoms with Crippen LogP contribution >= 0.6 is 0 Å². The molecule has 15 heavy (non-hydrogen) atoms. The Bertz CT molecular complexity index is 449. The third-order valence-corrected chi connectivity index (χ3v) is 3.17. The summed E-state index contributed by atoms with van der Waals surface area (Å²) in [5.41, 5.74) is 3.06. The SMILES string of the molecule is Cc1c2c(cc3c1OCO3)C(=O)CCC2. The summed E-state index contributed by atoms with van der Waals surface area (Å²) in [4.78, 5) is 11.7. The normalized spacial score (nSPS) is 17.8. The average Bonchev–Trinajstić information content (AvgIpc) is 2.68. The summed E-state index contributed by atoms with van der Waals surface area (Å²) in [6.45, 7) is 2.28. The van der Waals surface area contributed by atoms with Gasteiger partial charge in [-0.25, -0.2) is 0 Å². The molecule has 78 valence electrons. The summed E-state index contributed by atoms with van der Waals surface area (Å²) < 4.78 is 10.7.